The second kappa shape index (κ2) is 7.64. The Morgan fingerprint density at radius 2 is 1.75 bits per heavy atom. The number of ether oxygens (including phenoxy) is 1. The zero-order chi connectivity index (χ0) is 15.2. The first-order valence-corrected chi connectivity index (χ1v) is 8.72. The number of hydrogen-bond acceptors (Lipinski definition) is 3. The van der Waals surface area contributed by atoms with Gasteiger partial charge >= 0.3 is 0 Å². The molecular formula is C15H25NO3S. The molecule has 0 aliphatic rings. The van der Waals surface area contributed by atoms with E-state index in [-0.39, 0.29) is 5.75 Å². The number of rotatable bonds is 8. The molecule has 0 unspecified atom stereocenters. The standard InChI is InChI=1S/C15H25NO3S/c1-5-16(20(17,18)6-2)11-12-19-15-9-7-14(8-10-15)13(3)4/h7-10,13H,5-6,11-12H2,1-4H3. The van der Waals surface area contributed by atoms with Gasteiger partial charge in [-0.05, 0) is 30.5 Å². The van der Waals surface area contributed by atoms with E-state index in [1.165, 1.54) is 9.87 Å². The van der Waals surface area contributed by atoms with Crippen molar-refractivity contribution in [3.8, 4) is 5.75 Å². The monoisotopic (exact) mass is 299 g/mol. The fraction of sp³-hybridized carbons (Fsp3) is 0.600. The maximum absolute atomic E-state index is 11.8. The molecule has 0 aromatic heterocycles. The van der Waals surface area contributed by atoms with Crippen LogP contribution >= 0.6 is 0 Å². The Balaban J connectivity index is 2.51. The van der Waals surface area contributed by atoms with Crippen LogP contribution in [0.4, 0.5) is 0 Å². The quantitative estimate of drug-likeness (QED) is 0.741. The zero-order valence-electron chi connectivity index (χ0n) is 12.8. The topological polar surface area (TPSA) is 46.6 Å². The van der Waals surface area contributed by atoms with Crippen LogP contribution in [0.3, 0.4) is 0 Å². The minimum absolute atomic E-state index is 0.129. The Hall–Kier alpha value is -1.07. The zero-order valence-corrected chi connectivity index (χ0v) is 13.6. The highest BCUT2D eigenvalue weighted by Crippen LogP contribution is 2.18. The maximum atomic E-state index is 11.8. The number of likely N-dealkylation sites (N-methyl/N-ethyl adjacent to an activating group) is 1. The Kier molecular flexibility index (Phi) is 6.49. The van der Waals surface area contributed by atoms with Crippen molar-refractivity contribution >= 4 is 10.0 Å². The molecule has 114 valence electrons. The van der Waals surface area contributed by atoms with Crippen molar-refractivity contribution < 1.29 is 13.2 Å². The van der Waals surface area contributed by atoms with Crippen LogP contribution in [0.5, 0.6) is 5.75 Å². The fourth-order valence-electron chi connectivity index (χ4n) is 1.89. The normalized spacial score (nSPS) is 12.1. The lowest BCUT2D eigenvalue weighted by Gasteiger charge is -2.19. The van der Waals surface area contributed by atoms with Gasteiger partial charge in [-0.2, -0.15) is 4.31 Å². The molecule has 0 heterocycles. The largest absolute Gasteiger partial charge is 0.492 e. The molecule has 0 radical (unpaired) electrons. The van der Waals surface area contributed by atoms with Gasteiger partial charge < -0.3 is 4.74 Å². The first kappa shape index (κ1) is 17.0. The molecule has 1 aromatic carbocycles. The lowest BCUT2D eigenvalue weighted by Crippen LogP contribution is -2.35. The van der Waals surface area contributed by atoms with Crippen LogP contribution in [-0.2, 0) is 10.0 Å². The number of nitrogens with zero attached hydrogens (tertiary/aromatic N) is 1. The minimum atomic E-state index is -3.13. The Morgan fingerprint density at radius 1 is 1.15 bits per heavy atom. The smallest absolute Gasteiger partial charge is 0.213 e. The minimum Gasteiger partial charge on any atom is -0.492 e. The summed E-state index contributed by atoms with van der Waals surface area (Å²) in [4.78, 5) is 0. The molecule has 0 aliphatic carbocycles. The summed E-state index contributed by atoms with van der Waals surface area (Å²) in [5, 5.41) is 0. The van der Waals surface area contributed by atoms with E-state index >= 15 is 0 Å². The van der Waals surface area contributed by atoms with Gasteiger partial charge in [0.2, 0.25) is 10.0 Å². The number of sulfonamides is 1. The second-order valence-electron chi connectivity index (χ2n) is 4.96. The first-order chi connectivity index (χ1) is 9.40. The Bertz CT molecular complexity index is 494. The van der Waals surface area contributed by atoms with Crippen molar-refractivity contribution in [2.75, 3.05) is 25.4 Å². The molecular weight excluding hydrogens is 274 g/mol. The van der Waals surface area contributed by atoms with Crippen LogP contribution in [0.1, 0.15) is 39.2 Å². The van der Waals surface area contributed by atoms with Gasteiger partial charge in [0.05, 0.1) is 5.75 Å². The van der Waals surface area contributed by atoms with E-state index in [4.69, 9.17) is 4.74 Å². The summed E-state index contributed by atoms with van der Waals surface area (Å²) in [6.07, 6.45) is 0. The third-order valence-corrected chi connectivity index (χ3v) is 5.22. The lowest BCUT2D eigenvalue weighted by atomic mass is 10.0. The van der Waals surface area contributed by atoms with Gasteiger partial charge in [-0.3, -0.25) is 0 Å². The van der Waals surface area contributed by atoms with Crippen molar-refractivity contribution in [2.24, 2.45) is 0 Å². The summed E-state index contributed by atoms with van der Waals surface area (Å²) in [5.74, 6) is 1.40. The van der Waals surface area contributed by atoms with Crippen LogP contribution in [-0.4, -0.2) is 38.2 Å². The van der Waals surface area contributed by atoms with Crippen molar-refractivity contribution in [2.45, 2.75) is 33.6 Å². The Morgan fingerprint density at radius 3 is 2.20 bits per heavy atom. The molecule has 0 fully saturated rings. The van der Waals surface area contributed by atoms with E-state index in [9.17, 15) is 8.42 Å². The second-order valence-corrected chi connectivity index (χ2v) is 7.22. The van der Waals surface area contributed by atoms with E-state index in [0.717, 1.165) is 5.75 Å². The highest BCUT2D eigenvalue weighted by atomic mass is 32.2. The van der Waals surface area contributed by atoms with Gasteiger partial charge in [0.15, 0.2) is 0 Å². The fourth-order valence-corrected chi connectivity index (χ4v) is 3.00. The maximum Gasteiger partial charge on any atom is 0.213 e. The summed E-state index contributed by atoms with van der Waals surface area (Å²) in [7, 11) is -3.13. The molecule has 0 spiro atoms. The van der Waals surface area contributed by atoms with Gasteiger partial charge in [-0.15, -0.1) is 0 Å². The summed E-state index contributed by atoms with van der Waals surface area (Å²) >= 11 is 0. The third-order valence-electron chi connectivity index (χ3n) is 3.27. The lowest BCUT2D eigenvalue weighted by molar-refractivity contribution is 0.276. The molecule has 4 nitrogen and oxygen atoms in total. The SMILES string of the molecule is CCN(CCOc1ccc(C(C)C)cc1)S(=O)(=O)CC. The van der Waals surface area contributed by atoms with E-state index < -0.39 is 10.0 Å². The van der Waals surface area contributed by atoms with E-state index in [1.54, 1.807) is 6.92 Å². The van der Waals surface area contributed by atoms with Crippen LogP contribution in [0.2, 0.25) is 0 Å². The average Bonchev–Trinajstić information content (AvgIpc) is 2.43. The van der Waals surface area contributed by atoms with Crippen LogP contribution in [0, 0.1) is 0 Å². The molecule has 0 atom stereocenters. The predicted molar refractivity (Wildman–Crippen MR) is 82.7 cm³/mol. The van der Waals surface area contributed by atoms with Gasteiger partial charge in [0.25, 0.3) is 0 Å². The van der Waals surface area contributed by atoms with Crippen molar-refractivity contribution in [1.82, 2.24) is 4.31 Å². The molecule has 1 rings (SSSR count). The van der Waals surface area contributed by atoms with Crippen LogP contribution in [0.15, 0.2) is 24.3 Å². The van der Waals surface area contributed by atoms with Crippen molar-refractivity contribution in [1.29, 1.82) is 0 Å². The molecule has 5 heteroatoms. The van der Waals surface area contributed by atoms with Crippen molar-refractivity contribution in [3.63, 3.8) is 0 Å². The Labute approximate surface area is 122 Å². The van der Waals surface area contributed by atoms with Crippen molar-refractivity contribution in [3.05, 3.63) is 29.8 Å². The van der Waals surface area contributed by atoms with Crippen LogP contribution in [0.25, 0.3) is 0 Å². The molecule has 0 saturated heterocycles. The molecule has 0 amide bonds. The number of benzene rings is 1. The molecule has 20 heavy (non-hydrogen) atoms. The van der Waals surface area contributed by atoms with Gasteiger partial charge in [0, 0.05) is 13.1 Å². The summed E-state index contributed by atoms with van der Waals surface area (Å²) in [6.45, 7) is 9.02. The van der Waals surface area contributed by atoms with E-state index in [0.29, 0.717) is 25.6 Å². The molecule has 0 bridgehead atoms. The van der Waals surface area contributed by atoms with Gasteiger partial charge in [0.1, 0.15) is 12.4 Å². The first-order valence-electron chi connectivity index (χ1n) is 7.11. The van der Waals surface area contributed by atoms with E-state index in [2.05, 4.69) is 13.8 Å². The van der Waals surface area contributed by atoms with E-state index in [1.807, 2.05) is 31.2 Å². The molecule has 0 N–H and O–H groups in total. The predicted octanol–water partition coefficient (Wildman–Crippen LogP) is 2.86. The molecule has 1 aromatic rings. The summed E-state index contributed by atoms with van der Waals surface area (Å²) in [5.41, 5.74) is 1.26. The number of hydrogen-bond donors (Lipinski definition) is 0. The molecule has 0 aliphatic heterocycles. The highest BCUT2D eigenvalue weighted by Gasteiger charge is 2.17. The van der Waals surface area contributed by atoms with Gasteiger partial charge in [-0.25, -0.2) is 8.42 Å². The highest BCUT2D eigenvalue weighted by molar-refractivity contribution is 7.89. The summed E-state index contributed by atoms with van der Waals surface area (Å²) in [6, 6.07) is 7.95. The van der Waals surface area contributed by atoms with Gasteiger partial charge in [-0.1, -0.05) is 32.9 Å². The van der Waals surface area contributed by atoms with Crippen LogP contribution < -0.4 is 4.74 Å². The average molecular weight is 299 g/mol. The molecule has 0 saturated carbocycles. The summed E-state index contributed by atoms with van der Waals surface area (Å²) < 4.78 is 30.6. The third kappa shape index (κ3) is 4.80.